The highest BCUT2D eigenvalue weighted by Gasteiger charge is 2.41. The van der Waals surface area contributed by atoms with E-state index < -0.39 is 29.4 Å². The summed E-state index contributed by atoms with van der Waals surface area (Å²) in [7, 11) is 0. The molecule has 0 aliphatic carbocycles. The maximum absolute atomic E-state index is 11.2. The number of carbonyl (C=O) groups excluding carboxylic acids is 2. The van der Waals surface area contributed by atoms with Crippen LogP contribution in [0.15, 0.2) is 25.3 Å². The molecule has 6 heteroatoms. The fraction of sp³-hybridized carbons (Fsp3) is 0.538. The second-order valence-corrected chi connectivity index (χ2v) is 4.96. The summed E-state index contributed by atoms with van der Waals surface area (Å²) in [6.45, 7) is 10.6. The van der Waals surface area contributed by atoms with Gasteiger partial charge in [-0.1, -0.05) is 13.2 Å². The van der Waals surface area contributed by atoms with Crippen molar-refractivity contribution in [2.24, 2.45) is 0 Å². The zero-order valence-corrected chi connectivity index (χ0v) is 11.4. The van der Waals surface area contributed by atoms with Gasteiger partial charge in [-0.15, -0.1) is 0 Å². The van der Waals surface area contributed by atoms with E-state index in [0.29, 0.717) is 0 Å². The minimum atomic E-state index is -1.77. The van der Waals surface area contributed by atoms with Crippen molar-refractivity contribution in [2.45, 2.75) is 44.7 Å². The van der Waals surface area contributed by atoms with Gasteiger partial charge in [-0.3, -0.25) is 0 Å². The summed E-state index contributed by atoms with van der Waals surface area (Å²) >= 11 is 0. The van der Waals surface area contributed by atoms with Crippen LogP contribution in [0.1, 0.15) is 27.2 Å². The third-order valence-electron chi connectivity index (χ3n) is 2.08. The first-order valence-electron chi connectivity index (χ1n) is 5.62. The van der Waals surface area contributed by atoms with Gasteiger partial charge in [-0.05, 0) is 20.8 Å². The van der Waals surface area contributed by atoms with Gasteiger partial charge >= 0.3 is 11.9 Å². The predicted molar refractivity (Wildman–Crippen MR) is 67.9 cm³/mol. The molecule has 0 bridgehead atoms. The number of hydrogen-bond donors (Lipinski definition) is 2. The predicted octanol–water partition coefficient (Wildman–Crippen LogP) is 0.683. The molecular weight excluding hydrogens is 252 g/mol. The molecule has 0 fully saturated rings. The van der Waals surface area contributed by atoms with Gasteiger partial charge in [0.15, 0.2) is 0 Å². The third kappa shape index (κ3) is 6.73. The lowest BCUT2D eigenvalue weighted by Crippen LogP contribution is -2.49. The smallest absolute Gasteiger partial charge is 0.333 e. The van der Waals surface area contributed by atoms with E-state index in [1.807, 2.05) is 0 Å². The van der Waals surface area contributed by atoms with Crippen LogP contribution in [-0.2, 0) is 19.1 Å². The van der Waals surface area contributed by atoms with Gasteiger partial charge in [0.05, 0.1) is 5.60 Å². The lowest BCUT2D eigenvalue weighted by molar-refractivity contribution is -0.231. The number of hydrogen-bond acceptors (Lipinski definition) is 6. The number of esters is 2. The Morgan fingerprint density at radius 3 is 1.74 bits per heavy atom. The van der Waals surface area contributed by atoms with Gasteiger partial charge < -0.3 is 19.7 Å². The normalized spacial score (nSPS) is 14.4. The molecule has 1 atom stereocenters. The number of rotatable bonds is 7. The first kappa shape index (κ1) is 17.3. The van der Waals surface area contributed by atoms with Crippen LogP contribution in [-0.4, -0.2) is 39.6 Å². The molecule has 0 aromatic carbocycles. The summed E-state index contributed by atoms with van der Waals surface area (Å²) < 4.78 is 9.55. The van der Waals surface area contributed by atoms with Crippen LogP contribution in [0.25, 0.3) is 0 Å². The molecule has 0 radical (unpaired) electrons. The SMILES string of the molecule is C=CC(=O)OC(OC(=O)C=C)C(C)(O)CC(C)(C)O. The zero-order valence-electron chi connectivity index (χ0n) is 11.4. The van der Waals surface area contributed by atoms with Gasteiger partial charge in [0.1, 0.15) is 5.60 Å². The first-order chi connectivity index (χ1) is 8.51. The van der Waals surface area contributed by atoms with Crippen LogP contribution < -0.4 is 0 Å². The van der Waals surface area contributed by atoms with E-state index in [4.69, 9.17) is 9.47 Å². The monoisotopic (exact) mass is 272 g/mol. The van der Waals surface area contributed by atoms with Gasteiger partial charge in [-0.25, -0.2) is 9.59 Å². The van der Waals surface area contributed by atoms with E-state index in [0.717, 1.165) is 12.2 Å². The summed E-state index contributed by atoms with van der Waals surface area (Å²) in [5, 5.41) is 19.9. The molecule has 0 spiro atoms. The molecular formula is C13H20O6. The fourth-order valence-corrected chi connectivity index (χ4v) is 1.54. The van der Waals surface area contributed by atoms with Gasteiger partial charge in [0.25, 0.3) is 6.29 Å². The molecule has 6 nitrogen and oxygen atoms in total. The van der Waals surface area contributed by atoms with Crippen LogP contribution in [0.3, 0.4) is 0 Å². The summed E-state index contributed by atoms with van der Waals surface area (Å²) in [5.74, 6) is -1.73. The minimum absolute atomic E-state index is 0.181. The first-order valence-corrected chi connectivity index (χ1v) is 5.62. The van der Waals surface area contributed by atoms with Crippen molar-refractivity contribution < 1.29 is 29.3 Å². The van der Waals surface area contributed by atoms with Gasteiger partial charge in [0.2, 0.25) is 0 Å². The van der Waals surface area contributed by atoms with Crippen LogP contribution in [0.4, 0.5) is 0 Å². The fourth-order valence-electron chi connectivity index (χ4n) is 1.54. The quantitative estimate of drug-likeness (QED) is 0.402. The van der Waals surface area contributed by atoms with Gasteiger partial charge in [-0.2, -0.15) is 0 Å². The Labute approximate surface area is 112 Å². The van der Waals surface area contributed by atoms with E-state index in [1.54, 1.807) is 0 Å². The maximum atomic E-state index is 11.2. The van der Waals surface area contributed by atoms with Gasteiger partial charge in [0, 0.05) is 18.6 Å². The van der Waals surface area contributed by atoms with Crippen molar-refractivity contribution in [1.82, 2.24) is 0 Å². The van der Waals surface area contributed by atoms with Crippen molar-refractivity contribution in [3.05, 3.63) is 25.3 Å². The highest BCUT2D eigenvalue weighted by Crippen LogP contribution is 2.26. The Hall–Kier alpha value is -1.66. The molecule has 108 valence electrons. The molecule has 0 saturated carbocycles. The third-order valence-corrected chi connectivity index (χ3v) is 2.08. The van der Waals surface area contributed by atoms with Crippen molar-refractivity contribution in [3.8, 4) is 0 Å². The molecule has 0 rings (SSSR count). The van der Waals surface area contributed by atoms with Crippen LogP contribution in [0.2, 0.25) is 0 Å². The molecule has 0 heterocycles. The summed E-state index contributed by atoms with van der Waals surface area (Å²) in [6, 6.07) is 0. The highest BCUT2D eigenvalue weighted by molar-refractivity contribution is 5.83. The number of aliphatic hydroxyl groups is 2. The van der Waals surface area contributed by atoms with Crippen molar-refractivity contribution in [1.29, 1.82) is 0 Å². The summed E-state index contributed by atoms with van der Waals surface area (Å²) in [4.78, 5) is 22.3. The molecule has 2 N–H and O–H groups in total. The molecule has 0 saturated heterocycles. The summed E-state index contributed by atoms with van der Waals surface area (Å²) in [6.07, 6.45) is -0.0153. The number of carbonyl (C=O) groups is 2. The Kier molecular flexibility index (Phi) is 5.92. The maximum Gasteiger partial charge on any atom is 0.333 e. The molecule has 1 unspecified atom stereocenters. The zero-order chi connectivity index (χ0) is 15.3. The van der Waals surface area contributed by atoms with E-state index in [9.17, 15) is 19.8 Å². The lowest BCUT2D eigenvalue weighted by atomic mass is 9.90. The summed E-state index contributed by atoms with van der Waals surface area (Å²) in [5.41, 5.74) is -3.02. The molecule has 0 aliphatic rings. The van der Waals surface area contributed by atoms with E-state index >= 15 is 0 Å². The average molecular weight is 272 g/mol. The molecule has 0 aromatic heterocycles. The van der Waals surface area contributed by atoms with Crippen molar-refractivity contribution >= 4 is 11.9 Å². The molecule has 19 heavy (non-hydrogen) atoms. The molecule has 0 aliphatic heterocycles. The standard InChI is InChI=1S/C13H20O6/c1-6-9(14)18-11(19-10(15)7-2)13(5,17)8-12(3,4)16/h6-7,11,16-17H,1-2,8H2,3-5H3. The van der Waals surface area contributed by atoms with Crippen LogP contribution >= 0.6 is 0 Å². The Bertz CT molecular complexity index is 342. The van der Waals surface area contributed by atoms with Crippen molar-refractivity contribution in [2.75, 3.05) is 0 Å². The van der Waals surface area contributed by atoms with Crippen LogP contribution in [0.5, 0.6) is 0 Å². The second-order valence-electron chi connectivity index (χ2n) is 4.96. The lowest BCUT2D eigenvalue weighted by Gasteiger charge is -2.34. The van der Waals surface area contributed by atoms with Crippen LogP contribution in [0, 0.1) is 0 Å². The Balaban J connectivity index is 5.08. The molecule has 0 aromatic rings. The van der Waals surface area contributed by atoms with E-state index in [1.165, 1.54) is 20.8 Å². The minimum Gasteiger partial charge on any atom is -0.419 e. The largest absolute Gasteiger partial charge is 0.419 e. The Morgan fingerprint density at radius 2 is 1.47 bits per heavy atom. The number of ether oxygens (including phenoxy) is 2. The van der Waals surface area contributed by atoms with E-state index in [2.05, 4.69) is 13.2 Å². The van der Waals surface area contributed by atoms with Crippen molar-refractivity contribution in [3.63, 3.8) is 0 Å². The highest BCUT2D eigenvalue weighted by atomic mass is 16.7. The van der Waals surface area contributed by atoms with E-state index in [-0.39, 0.29) is 6.42 Å². The molecule has 0 amide bonds. The average Bonchev–Trinajstić information content (AvgIpc) is 2.24. The second kappa shape index (κ2) is 6.49. The topological polar surface area (TPSA) is 93.1 Å². The Morgan fingerprint density at radius 1 is 1.11 bits per heavy atom.